The van der Waals surface area contributed by atoms with Gasteiger partial charge in [0, 0.05) is 13.2 Å². The van der Waals surface area contributed by atoms with Crippen molar-refractivity contribution in [3.63, 3.8) is 0 Å². The molecule has 3 aromatic rings. The highest BCUT2D eigenvalue weighted by Gasteiger charge is 2.14. The van der Waals surface area contributed by atoms with Gasteiger partial charge >= 0.3 is 6.01 Å². The van der Waals surface area contributed by atoms with Gasteiger partial charge in [-0.05, 0) is 23.8 Å². The van der Waals surface area contributed by atoms with E-state index < -0.39 is 9.84 Å². The Morgan fingerprint density at radius 2 is 1.92 bits per heavy atom. The molecule has 0 saturated heterocycles. The molecule has 0 atom stereocenters. The normalized spacial score (nSPS) is 11.5. The molecule has 0 radical (unpaired) electrons. The smallest absolute Gasteiger partial charge is 0.322 e. The summed E-state index contributed by atoms with van der Waals surface area (Å²) >= 11 is 0. The Balaban J connectivity index is 1.63. The zero-order chi connectivity index (χ0) is 18.7. The van der Waals surface area contributed by atoms with Crippen molar-refractivity contribution in [2.45, 2.75) is 18.2 Å². The monoisotopic (exact) mass is 375 g/mol. The van der Waals surface area contributed by atoms with Gasteiger partial charge in [0.2, 0.25) is 5.91 Å². The number of anilines is 1. The second kappa shape index (κ2) is 7.08. The molecule has 1 amide bonds. The summed E-state index contributed by atoms with van der Waals surface area (Å²) in [4.78, 5) is 12.3. The number of benzene rings is 1. The summed E-state index contributed by atoms with van der Waals surface area (Å²) in [5, 5.41) is 14.2. The first-order valence-electron chi connectivity index (χ1n) is 7.82. The summed E-state index contributed by atoms with van der Waals surface area (Å²) in [5.41, 5.74) is 1.18. The zero-order valence-corrected chi connectivity index (χ0v) is 15.0. The van der Waals surface area contributed by atoms with Crippen LogP contribution in [0.1, 0.15) is 12.5 Å². The fraction of sp³-hybridized carbons (Fsp3) is 0.250. The number of nitrogens with one attached hydrogen (secondary N) is 1. The molecule has 0 bridgehead atoms. The molecule has 3 rings (SSSR count). The highest BCUT2D eigenvalue weighted by atomic mass is 32.2. The van der Waals surface area contributed by atoms with Gasteiger partial charge in [0.15, 0.2) is 9.84 Å². The molecule has 0 saturated carbocycles. The van der Waals surface area contributed by atoms with Crippen LogP contribution in [0.4, 0.5) is 6.01 Å². The third kappa shape index (κ3) is 3.97. The molecular weight excluding hydrogens is 358 g/mol. The van der Waals surface area contributed by atoms with Crippen molar-refractivity contribution in [1.82, 2.24) is 20.0 Å². The van der Waals surface area contributed by atoms with Crippen molar-refractivity contribution >= 4 is 21.8 Å². The molecule has 0 aliphatic rings. The fourth-order valence-electron chi connectivity index (χ4n) is 2.24. The molecule has 10 heteroatoms. The molecule has 1 N–H and O–H groups in total. The first kappa shape index (κ1) is 17.8. The lowest BCUT2D eigenvalue weighted by Crippen LogP contribution is -2.14. The number of nitrogens with zero attached hydrogens (tertiary/aromatic N) is 4. The third-order valence-electron chi connectivity index (χ3n) is 3.63. The Morgan fingerprint density at radius 1 is 1.19 bits per heavy atom. The van der Waals surface area contributed by atoms with E-state index in [1.807, 2.05) is 0 Å². The molecular formula is C16H17N5O4S. The van der Waals surface area contributed by atoms with Crippen LogP contribution < -0.4 is 5.32 Å². The maximum absolute atomic E-state index is 12.1. The van der Waals surface area contributed by atoms with E-state index in [-0.39, 0.29) is 34.9 Å². The van der Waals surface area contributed by atoms with Crippen LogP contribution in [0, 0.1) is 0 Å². The lowest BCUT2D eigenvalue weighted by molar-refractivity contribution is -0.115. The van der Waals surface area contributed by atoms with Gasteiger partial charge in [-0.3, -0.25) is 14.8 Å². The van der Waals surface area contributed by atoms with E-state index >= 15 is 0 Å². The summed E-state index contributed by atoms with van der Waals surface area (Å²) in [7, 11) is -1.49. The molecule has 136 valence electrons. The van der Waals surface area contributed by atoms with E-state index in [0.717, 1.165) is 0 Å². The predicted octanol–water partition coefficient (Wildman–Crippen LogP) is 1.44. The Labute approximate surface area is 150 Å². The van der Waals surface area contributed by atoms with E-state index in [2.05, 4.69) is 20.6 Å². The van der Waals surface area contributed by atoms with Gasteiger partial charge in [-0.25, -0.2) is 8.42 Å². The zero-order valence-electron chi connectivity index (χ0n) is 14.2. The number of hydrogen-bond acceptors (Lipinski definition) is 7. The van der Waals surface area contributed by atoms with Gasteiger partial charge in [-0.1, -0.05) is 24.2 Å². The Hall–Kier alpha value is -3.01. The first-order chi connectivity index (χ1) is 12.4. The van der Waals surface area contributed by atoms with E-state index in [9.17, 15) is 13.2 Å². The van der Waals surface area contributed by atoms with Crippen LogP contribution in [-0.2, 0) is 28.1 Å². The van der Waals surface area contributed by atoms with E-state index in [1.165, 1.54) is 12.1 Å². The lowest BCUT2D eigenvalue weighted by atomic mass is 10.1. The first-order valence-corrected chi connectivity index (χ1v) is 9.47. The van der Waals surface area contributed by atoms with Gasteiger partial charge in [0.25, 0.3) is 5.89 Å². The second-order valence-electron chi connectivity index (χ2n) is 5.56. The molecule has 26 heavy (non-hydrogen) atoms. The third-order valence-corrected chi connectivity index (χ3v) is 5.38. The lowest BCUT2D eigenvalue weighted by Gasteiger charge is -2.04. The molecule has 2 heterocycles. The van der Waals surface area contributed by atoms with Crippen LogP contribution >= 0.6 is 0 Å². The summed E-state index contributed by atoms with van der Waals surface area (Å²) in [6.07, 6.45) is 1.79. The summed E-state index contributed by atoms with van der Waals surface area (Å²) in [6, 6.07) is 7.89. The highest BCUT2D eigenvalue weighted by Crippen LogP contribution is 2.18. The minimum absolute atomic E-state index is 0.0270. The van der Waals surface area contributed by atoms with Gasteiger partial charge < -0.3 is 4.42 Å². The molecule has 0 aliphatic heterocycles. The second-order valence-corrected chi connectivity index (χ2v) is 7.84. The van der Waals surface area contributed by atoms with Crippen LogP contribution in [0.5, 0.6) is 0 Å². The van der Waals surface area contributed by atoms with Gasteiger partial charge in [-0.15, -0.1) is 5.10 Å². The number of carbonyl (C=O) groups excluding carboxylic acids is 1. The van der Waals surface area contributed by atoms with Crippen LogP contribution in [0.25, 0.3) is 11.6 Å². The fourth-order valence-corrected chi connectivity index (χ4v) is 3.12. The number of aryl methyl sites for hydroxylation is 1. The summed E-state index contributed by atoms with van der Waals surface area (Å²) in [5.74, 6) is -0.120. The molecule has 0 aliphatic carbocycles. The average Bonchev–Trinajstić information content (AvgIpc) is 3.24. The van der Waals surface area contributed by atoms with Crippen molar-refractivity contribution in [3.05, 3.63) is 42.1 Å². The highest BCUT2D eigenvalue weighted by molar-refractivity contribution is 7.91. The largest absolute Gasteiger partial charge is 0.401 e. The van der Waals surface area contributed by atoms with Crippen molar-refractivity contribution in [2.24, 2.45) is 7.05 Å². The van der Waals surface area contributed by atoms with Gasteiger partial charge in [0.1, 0.15) is 5.69 Å². The minimum Gasteiger partial charge on any atom is -0.401 e. The number of hydrogen-bond donors (Lipinski definition) is 1. The number of carbonyl (C=O) groups is 1. The molecule has 0 fully saturated rings. The molecule has 1 aromatic carbocycles. The van der Waals surface area contributed by atoms with E-state index in [1.54, 1.807) is 43.0 Å². The molecule has 0 unspecified atom stereocenters. The van der Waals surface area contributed by atoms with Crippen molar-refractivity contribution < 1.29 is 17.6 Å². The Kier molecular flexibility index (Phi) is 4.85. The van der Waals surface area contributed by atoms with Gasteiger partial charge in [-0.2, -0.15) is 5.10 Å². The SMILES string of the molecule is CCS(=O)(=O)c1ccc(CC(=O)Nc2nnc(-c3ccn(C)n3)o2)cc1. The van der Waals surface area contributed by atoms with Crippen LogP contribution in [0.3, 0.4) is 0 Å². The molecule has 9 nitrogen and oxygen atoms in total. The van der Waals surface area contributed by atoms with Crippen LogP contribution in [0.15, 0.2) is 45.8 Å². The van der Waals surface area contributed by atoms with Gasteiger partial charge in [0.05, 0.1) is 17.1 Å². The topological polar surface area (TPSA) is 120 Å². The maximum atomic E-state index is 12.1. The molecule has 2 aromatic heterocycles. The van der Waals surface area contributed by atoms with E-state index in [0.29, 0.717) is 11.3 Å². The molecule has 0 spiro atoms. The van der Waals surface area contributed by atoms with Crippen LogP contribution in [0.2, 0.25) is 0 Å². The number of aromatic nitrogens is 4. The Morgan fingerprint density at radius 3 is 2.54 bits per heavy atom. The Bertz CT molecular complexity index is 1020. The van der Waals surface area contributed by atoms with Crippen molar-refractivity contribution in [3.8, 4) is 11.6 Å². The van der Waals surface area contributed by atoms with Crippen molar-refractivity contribution in [2.75, 3.05) is 11.1 Å². The minimum atomic E-state index is -3.26. The quantitative estimate of drug-likeness (QED) is 0.692. The maximum Gasteiger partial charge on any atom is 0.322 e. The van der Waals surface area contributed by atoms with Crippen molar-refractivity contribution in [1.29, 1.82) is 0 Å². The number of sulfone groups is 1. The summed E-state index contributed by atoms with van der Waals surface area (Å²) < 4.78 is 30.5. The van der Waals surface area contributed by atoms with E-state index in [4.69, 9.17) is 4.42 Å². The average molecular weight is 375 g/mol. The summed E-state index contributed by atoms with van der Waals surface area (Å²) in [6.45, 7) is 1.58. The standard InChI is InChI=1S/C16H17N5O4S/c1-3-26(23,24)12-6-4-11(5-7-12)10-14(22)17-16-19-18-15(25-16)13-8-9-21(2)20-13/h4-9H,3,10H2,1-2H3,(H,17,19,22). The van der Waals surface area contributed by atoms with Crippen LogP contribution in [-0.4, -0.2) is 40.1 Å². The predicted molar refractivity (Wildman–Crippen MR) is 93.0 cm³/mol. The number of amides is 1. The number of rotatable bonds is 6.